The van der Waals surface area contributed by atoms with E-state index in [1.165, 1.54) is 43.2 Å². The first-order chi connectivity index (χ1) is 8.77. The van der Waals surface area contributed by atoms with E-state index in [9.17, 15) is 0 Å². The van der Waals surface area contributed by atoms with Crippen LogP contribution in [0.3, 0.4) is 0 Å². The summed E-state index contributed by atoms with van der Waals surface area (Å²) in [6, 6.07) is 11.1. The summed E-state index contributed by atoms with van der Waals surface area (Å²) < 4.78 is 0. The summed E-state index contributed by atoms with van der Waals surface area (Å²) in [6.07, 6.45) is 7.05. The molecule has 0 aromatic heterocycles. The van der Waals surface area contributed by atoms with Crippen molar-refractivity contribution in [2.24, 2.45) is 5.92 Å². The van der Waals surface area contributed by atoms with Gasteiger partial charge in [0.15, 0.2) is 0 Å². The molecule has 1 N–H and O–H groups in total. The Morgan fingerprint density at radius 3 is 2.56 bits per heavy atom. The van der Waals surface area contributed by atoms with Crippen molar-refractivity contribution in [1.29, 1.82) is 0 Å². The second kappa shape index (κ2) is 6.75. The molecule has 2 rings (SSSR count). The maximum Gasteiger partial charge on any atom is 0.0208 e. The predicted molar refractivity (Wildman–Crippen MR) is 79.5 cm³/mol. The average Bonchev–Trinajstić information content (AvgIpc) is 2.46. The molecule has 18 heavy (non-hydrogen) atoms. The first-order valence-corrected chi connectivity index (χ1v) is 7.24. The molecule has 0 heterocycles. The van der Waals surface area contributed by atoms with Crippen LogP contribution in [-0.4, -0.2) is 12.6 Å². The second-order valence-corrected chi connectivity index (χ2v) is 5.54. The van der Waals surface area contributed by atoms with Crippen LogP contribution in [0.1, 0.15) is 44.6 Å². The van der Waals surface area contributed by atoms with Gasteiger partial charge in [0.25, 0.3) is 0 Å². The van der Waals surface area contributed by atoms with Crippen LogP contribution in [0.15, 0.2) is 36.9 Å². The summed E-state index contributed by atoms with van der Waals surface area (Å²) in [5.74, 6) is 0.863. The highest BCUT2D eigenvalue weighted by Crippen LogP contribution is 2.26. The van der Waals surface area contributed by atoms with E-state index >= 15 is 0 Å². The highest BCUT2D eigenvalue weighted by atomic mass is 14.9. The summed E-state index contributed by atoms with van der Waals surface area (Å²) in [4.78, 5) is 0. The molecule has 0 radical (unpaired) electrons. The standard InChI is InChI=1S/C17H25N/c1-14(16-9-5-3-6-10-16)13-18-15(2)17-11-7-4-8-12-17/h3,5-6,9-10,15,17-18H,1,4,7-8,11-13H2,2H3/t15-/m0/s1. The van der Waals surface area contributed by atoms with Gasteiger partial charge in [0.1, 0.15) is 0 Å². The number of hydrogen-bond acceptors (Lipinski definition) is 1. The van der Waals surface area contributed by atoms with Crippen LogP contribution in [0.4, 0.5) is 0 Å². The van der Waals surface area contributed by atoms with E-state index in [4.69, 9.17) is 0 Å². The van der Waals surface area contributed by atoms with Gasteiger partial charge in [-0.05, 0) is 36.8 Å². The van der Waals surface area contributed by atoms with E-state index < -0.39 is 0 Å². The highest BCUT2D eigenvalue weighted by Gasteiger charge is 2.19. The molecule has 0 amide bonds. The number of benzene rings is 1. The lowest BCUT2D eigenvalue weighted by Gasteiger charge is -2.28. The fraction of sp³-hybridized carbons (Fsp3) is 0.529. The van der Waals surface area contributed by atoms with Gasteiger partial charge in [0.05, 0.1) is 0 Å². The molecule has 1 aromatic rings. The van der Waals surface area contributed by atoms with Crippen molar-refractivity contribution < 1.29 is 0 Å². The topological polar surface area (TPSA) is 12.0 Å². The molecule has 0 unspecified atom stereocenters. The minimum absolute atomic E-state index is 0.616. The molecule has 0 bridgehead atoms. The second-order valence-electron chi connectivity index (χ2n) is 5.54. The van der Waals surface area contributed by atoms with Crippen molar-refractivity contribution in [1.82, 2.24) is 5.32 Å². The Morgan fingerprint density at radius 2 is 1.89 bits per heavy atom. The molecule has 1 saturated carbocycles. The molecular formula is C17H25N. The largest absolute Gasteiger partial charge is 0.310 e. The predicted octanol–water partition coefficient (Wildman–Crippen LogP) is 4.26. The monoisotopic (exact) mass is 243 g/mol. The van der Waals surface area contributed by atoms with Crippen LogP contribution in [0, 0.1) is 5.92 Å². The molecule has 0 aliphatic heterocycles. The van der Waals surface area contributed by atoms with Crippen LogP contribution in [-0.2, 0) is 0 Å². The number of rotatable bonds is 5. The molecule has 1 heteroatoms. The van der Waals surface area contributed by atoms with Crippen LogP contribution < -0.4 is 5.32 Å². The van der Waals surface area contributed by atoms with Crippen molar-refractivity contribution in [3.05, 3.63) is 42.5 Å². The lowest BCUT2D eigenvalue weighted by Crippen LogP contribution is -2.35. The maximum atomic E-state index is 4.18. The molecule has 0 saturated heterocycles. The Bertz CT molecular complexity index is 362. The van der Waals surface area contributed by atoms with E-state index in [0.29, 0.717) is 6.04 Å². The van der Waals surface area contributed by atoms with Gasteiger partial charge in [-0.15, -0.1) is 0 Å². The van der Waals surface area contributed by atoms with Crippen molar-refractivity contribution in [3.63, 3.8) is 0 Å². The van der Waals surface area contributed by atoms with Crippen LogP contribution in [0.5, 0.6) is 0 Å². The molecule has 98 valence electrons. The van der Waals surface area contributed by atoms with Crippen molar-refractivity contribution in [2.75, 3.05) is 6.54 Å². The Kier molecular flexibility index (Phi) is 5.00. The summed E-state index contributed by atoms with van der Waals surface area (Å²) in [7, 11) is 0. The molecule has 1 aliphatic rings. The normalized spacial score (nSPS) is 18.5. The number of hydrogen-bond donors (Lipinski definition) is 1. The summed E-state index contributed by atoms with van der Waals surface area (Å²) in [5, 5.41) is 3.65. The van der Waals surface area contributed by atoms with Gasteiger partial charge in [-0.2, -0.15) is 0 Å². The summed E-state index contributed by atoms with van der Waals surface area (Å²) >= 11 is 0. The third-order valence-corrected chi connectivity index (χ3v) is 4.18. The zero-order valence-electron chi connectivity index (χ0n) is 11.5. The van der Waals surface area contributed by atoms with E-state index in [0.717, 1.165) is 12.5 Å². The van der Waals surface area contributed by atoms with E-state index in [-0.39, 0.29) is 0 Å². The zero-order valence-corrected chi connectivity index (χ0v) is 11.5. The SMILES string of the molecule is C=C(CN[C@@H](C)C1CCCCC1)c1ccccc1. The van der Waals surface area contributed by atoms with Crippen molar-refractivity contribution in [2.45, 2.75) is 45.1 Å². The summed E-state index contributed by atoms with van der Waals surface area (Å²) in [5.41, 5.74) is 2.44. The van der Waals surface area contributed by atoms with E-state index in [1.54, 1.807) is 0 Å². The van der Waals surface area contributed by atoms with Gasteiger partial charge in [-0.25, -0.2) is 0 Å². The van der Waals surface area contributed by atoms with E-state index in [1.807, 2.05) is 0 Å². The lowest BCUT2D eigenvalue weighted by molar-refractivity contribution is 0.287. The molecule has 1 aromatic carbocycles. The fourth-order valence-electron chi connectivity index (χ4n) is 2.86. The van der Waals surface area contributed by atoms with Gasteiger partial charge in [-0.1, -0.05) is 56.2 Å². The zero-order chi connectivity index (χ0) is 12.8. The first kappa shape index (κ1) is 13.4. The Morgan fingerprint density at radius 1 is 1.22 bits per heavy atom. The Labute approximate surface area is 111 Å². The number of nitrogens with one attached hydrogen (secondary N) is 1. The maximum absolute atomic E-state index is 4.18. The fourth-order valence-corrected chi connectivity index (χ4v) is 2.86. The Balaban J connectivity index is 1.78. The van der Waals surface area contributed by atoms with E-state index in [2.05, 4.69) is 49.2 Å². The van der Waals surface area contributed by atoms with Crippen LogP contribution in [0.2, 0.25) is 0 Å². The van der Waals surface area contributed by atoms with Gasteiger partial charge < -0.3 is 5.32 Å². The van der Waals surface area contributed by atoms with Crippen molar-refractivity contribution in [3.8, 4) is 0 Å². The molecule has 1 fully saturated rings. The van der Waals surface area contributed by atoms with Gasteiger partial charge >= 0.3 is 0 Å². The minimum atomic E-state index is 0.616. The summed E-state index contributed by atoms with van der Waals surface area (Å²) in [6.45, 7) is 7.41. The quantitative estimate of drug-likeness (QED) is 0.815. The highest BCUT2D eigenvalue weighted by molar-refractivity contribution is 5.64. The Hall–Kier alpha value is -1.08. The minimum Gasteiger partial charge on any atom is -0.310 e. The molecule has 1 atom stereocenters. The first-order valence-electron chi connectivity index (χ1n) is 7.24. The molecule has 1 aliphatic carbocycles. The van der Waals surface area contributed by atoms with Crippen molar-refractivity contribution >= 4 is 5.57 Å². The average molecular weight is 243 g/mol. The van der Waals surface area contributed by atoms with Gasteiger partial charge in [-0.3, -0.25) is 0 Å². The van der Waals surface area contributed by atoms with Gasteiger partial charge in [0.2, 0.25) is 0 Å². The van der Waals surface area contributed by atoms with Crippen LogP contribution >= 0.6 is 0 Å². The third-order valence-electron chi connectivity index (χ3n) is 4.18. The third kappa shape index (κ3) is 3.71. The smallest absolute Gasteiger partial charge is 0.0208 e. The molecular weight excluding hydrogens is 218 g/mol. The molecule has 0 spiro atoms. The van der Waals surface area contributed by atoms with Crippen LogP contribution in [0.25, 0.3) is 5.57 Å². The molecule has 1 nitrogen and oxygen atoms in total. The van der Waals surface area contributed by atoms with Gasteiger partial charge in [0, 0.05) is 12.6 Å². The lowest BCUT2D eigenvalue weighted by atomic mass is 9.84.